The summed E-state index contributed by atoms with van der Waals surface area (Å²) in [5, 5.41) is 4.27. The second-order valence-corrected chi connectivity index (χ2v) is 16.7. The van der Waals surface area contributed by atoms with Crippen LogP contribution in [-0.2, 0) is 16.6 Å². The second kappa shape index (κ2) is 15.9. The summed E-state index contributed by atoms with van der Waals surface area (Å²) < 4.78 is 28.7. The molecule has 1 aliphatic rings. The van der Waals surface area contributed by atoms with Gasteiger partial charge in [-0.3, -0.25) is 9.69 Å². The number of amides is 1. The van der Waals surface area contributed by atoms with Gasteiger partial charge in [0, 0.05) is 70.9 Å². The molecule has 1 aliphatic heterocycles. The van der Waals surface area contributed by atoms with Crippen molar-refractivity contribution in [3.63, 3.8) is 0 Å². The van der Waals surface area contributed by atoms with Crippen molar-refractivity contribution in [1.29, 1.82) is 0 Å². The van der Waals surface area contributed by atoms with Gasteiger partial charge in [0.25, 0.3) is 15.9 Å². The fourth-order valence-corrected chi connectivity index (χ4v) is 8.30. The van der Waals surface area contributed by atoms with Crippen LogP contribution in [0.2, 0.25) is 5.02 Å². The number of carbonyl (C=O) groups is 1. The van der Waals surface area contributed by atoms with E-state index in [2.05, 4.69) is 82.2 Å². The molecule has 10 heteroatoms. The number of nitrogens with zero attached hydrogens (tertiary/aromatic N) is 2. The van der Waals surface area contributed by atoms with E-state index in [0.29, 0.717) is 0 Å². The van der Waals surface area contributed by atoms with Crippen molar-refractivity contribution in [2.24, 2.45) is 0 Å². The lowest BCUT2D eigenvalue weighted by molar-refractivity contribution is 0.0981. The van der Waals surface area contributed by atoms with Crippen molar-refractivity contribution >= 4 is 50.7 Å². The fraction of sp³-hybridized carbons (Fsp3) is 0.244. The number of thioether (sulfide) groups is 1. The van der Waals surface area contributed by atoms with E-state index in [1.807, 2.05) is 49.4 Å². The van der Waals surface area contributed by atoms with E-state index in [0.717, 1.165) is 66.0 Å². The maximum Gasteiger partial charge on any atom is 0.264 e. The average molecular weight is 739 g/mol. The molecule has 0 spiro atoms. The van der Waals surface area contributed by atoms with Gasteiger partial charge in [0.05, 0.1) is 4.90 Å². The molecule has 1 fully saturated rings. The van der Waals surface area contributed by atoms with E-state index < -0.39 is 15.9 Å². The summed E-state index contributed by atoms with van der Waals surface area (Å²) in [6, 6.07) is 38.7. The summed E-state index contributed by atoms with van der Waals surface area (Å²) in [5.41, 5.74) is 6.30. The summed E-state index contributed by atoms with van der Waals surface area (Å²) in [5.74, 6) is 0.159. The second-order valence-electron chi connectivity index (χ2n) is 13.5. The van der Waals surface area contributed by atoms with Crippen LogP contribution in [0.4, 0.5) is 11.4 Å². The van der Waals surface area contributed by atoms with Gasteiger partial charge in [0.2, 0.25) is 0 Å². The predicted molar refractivity (Wildman–Crippen MR) is 212 cm³/mol. The van der Waals surface area contributed by atoms with E-state index in [9.17, 15) is 13.2 Å². The molecule has 5 aromatic carbocycles. The number of benzene rings is 5. The van der Waals surface area contributed by atoms with E-state index in [-0.39, 0.29) is 16.0 Å². The van der Waals surface area contributed by atoms with Crippen LogP contribution in [0.1, 0.15) is 35.3 Å². The number of anilines is 2. The van der Waals surface area contributed by atoms with Gasteiger partial charge in [0.1, 0.15) is 0 Å². The van der Waals surface area contributed by atoms with Crippen molar-refractivity contribution < 1.29 is 13.2 Å². The Bertz CT molecular complexity index is 2070. The first-order chi connectivity index (χ1) is 24.5. The van der Waals surface area contributed by atoms with Crippen molar-refractivity contribution in [3.05, 3.63) is 143 Å². The number of halogens is 1. The van der Waals surface area contributed by atoms with Crippen molar-refractivity contribution in [2.45, 2.75) is 42.6 Å². The molecule has 5 aromatic rings. The van der Waals surface area contributed by atoms with Gasteiger partial charge >= 0.3 is 0 Å². The van der Waals surface area contributed by atoms with E-state index in [4.69, 9.17) is 11.6 Å². The number of piperazine rings is 1. The largest absolute Gasteiger partial charge is 0.379 e. The summed E-state index contributed by atoms with van der Waals surface area (Å²) in [7, 11) is -4.08. The Morgan fingerprint density at radius 3 is 2.18 bits per heavy atom. The lowest BCUT2D eigenvalue weighted by Gasteiger charge is -2.36. The first kappa shape index (κ1) is 36.5. The maximum atomic E-state index is 13.2. The summed E-state index contributed by atoms with van der Waals surface area (Å²) in [6.45, 7) is 10.4. The smallest absolute Gasteiger partial charge is 0.264 e. The third kappa shape index (κ3) is 9.54. The van der Waals surface area contributed by atoms with Crippen LogP contribution in [-0.4, -0.2) is 56.7 Å². The molecule has 0 aliphatic carbocycles. The quantitative estimate of drug-likeness (QED) is 0.124. The van der Waals surface area contributed by atoms with Crippen LogP contribution in [0.15, 0.2) is 131 Å². The number of sulfonamides is 1. The molecule has 7 nitrogen and oxygen atoms in total. The van der Waals surface area contributed by atoms with Crippen LogP contribution < -0.4 is 14.9 Å². The molecule has 0 aromatic heterocycles. The highest BCUT2D eigenvalue weighted by atomic mass is 35.5. The molecule has 0 bridgehead atoms. The Morgan fingerprint density at radius 1 is 0.824 bits per heavy atom. The summed E-state index contributed by atoms with van der Waals surface area (Å²) in [6.07, 6.45) is 0. The standard InChI is InChI=1S/C41H43ClN4O3S2/c1-30-27-37(21-22-39(30)43-41(2,3)29-50-36-10-5-4-6-11-36)51(48,49)44-40(47)32-15-19-35(20-16-32)46-25-23-45(24-26-46)28-33-9-7-8-12-38(33)31-13-17-34(42)18-14-31/h4-22,27,43H,23-26,28-29H2,1-3H3,(H,44,47). The summed E-state index contributed by atoms with van der Waals surface area (Å²) >= 11 is 7.88. The Labute approximate surface area is 311 Å². The zero-order chi connectivity index (χ0) is 36.0. The Hall–Kier alpha value is -4.28. The number of hydrogen-bond acceptors (Lipinski definition) is 7. The number of rotatable bonds is 12. The van der Waals surface area contributed by atoms with Gasteiger partial charge in [-0.05, 0) is 110 Å². The van der Waals surface area contributed by atoms with E-state index in [1.54, 1.807) is 36.0 Å². The molecule has 51 heavy (non-hydrogen) atoms. The van der Waals surface area contributed by atoms with E-state index in [1.165, 1.54) is 22.1 Å². The molecule has 6 rings (SSSR count). The van der Waals surface area contributed by atoms with Gasteiger partial charge in [-0.1, -0.05) is 66.2 Å². The topological polar surface area (TPSA) is 81.8 Å². The lowest BCUT2D eigenvalue weighted by atomic mass is 9.99. The Kier molecular flexibility index (Phi) is 11.4. The Balaban J connectivity index is 1.02. The SMILES string of the molecule is Cc1cc(S(=O)(=O)NC(=O)c2ccc(N3CCN(Cc4ccccc4-c4ccc(Cl)cc4)CC3)cc2)ccc1NC(C)(C)CSc1ccccc1. The zero-order valence-corrected chi connectivity index (χ0v) is 31.5. The minimum Gasteiger partial charge on any atom is -0.379 e. The van der Waals surface area contributed by atoms with Crippen LogP contribution >= 0.6 is 23.4 Å². The minimum absolute atomic E-state index is 0.0423. The van der Waals surface area contributed by atoms with Crippen molar-refractivity contribution in [2.75, 3.05) is 42.1 Å². The molecular weight excluding hydrogens is 696 g/mol. The normalized spacial score (nSPS) is 13.9. The van der Waals surface area contributed by atoms with Gasteiger partial charge < -0.3 is 10.2 Å². The fourth-order valence-electron chi connectivity index (χ4n) is 6.16. The predicted octanol–water partition coefficient (Wildman–Crippen LogP) is 8.74. The summed E-state index contributed by atoms with van der Waals surface area (Å²) in [4.78, 5) is 19.1. The van der Waals surface area contributed by atoms with Crippen molar-refractivity contribution in [3.8, 4) is 11.1 Å². The maximum absolute atomic E-state index is 13.2. The molecule has 264 valence electrons. The number of hydrogen-bond donors (Lipinski definition) is 2. The average Bonchev–Trinajstić information content (AvgIpc) is 3.13. The van der Waals surface area contributed by atoms with E-state index >= 15 is 0 Å². The first-order valence-corrected chi connectivity index (χ1v) is 19.9. The van der Waals surface area contributed by atoms with Gasteiger partial charge in [0.15, 0.2) is 0 Å². The minimum atomic E-state index is -4.08. The highest BCUT2D eigenvalue weighted by molar-refractivity contribution is 7.99. The number of carbonyl (C=O) groups excluding carboxylic acids is 1. The van der Waals surface area contributed by atoms with Gasteiger partial charge in [-0.2, -0.15) is 0 Å². The molecule has 0 atom stereocenters. The van der Waals surface area contributed by atoms with Gasteiger partial charge in [-0.25, -0.2) is 13.1 Å². The third-order valence-corrected chi connectivity index (χ3v) is 12.0. The Morgan fingerprint density at radius 2 is 1.49 bits per heavy atom. The number of aryl methyl sites for hydroxylation is 1. The van der Waals surface area contributed by atoms with Crippen LogP contribution in [0.5, 0.6) is 0 Å². The number of nitrogens with one attached hydrogen (secondary N) is 2. The highest BCUT2D eigenvalue weighted by Crippen LogP contribution is 2.29. The molecule has 1 amide bonds. The lowest BCUT2D eigenvalue weighted by Crippen LogP contribution is -2.46. The highest BCUT2D eigenvalue weighted by Gasteiger charge is 2.23. The monoisotopic (exact) mass is 738 g/mol. The molecule has 0 radical (unpaired) electrons. The van der Waals surface area contributed by atoms with Crippen LogP contribution in [0.25, 0.3) is 11.1 Å². The molecule has 0 saturated carbocycles. The zero-order valence-electron chi connectivity index (χ0n) is 29.1. The molecule has 2 N–H and O–H groups in total. The van der Waals surface area contributed by atoms with Crippen LogP contribution in [0, 0.1) is 6.92 Å². The van der Waals surface area contributed by atoms with Gasteiger partial charge in [-0.15, -0.1) is 11.8 Å². The first-order valence-electron chi connectivity index (χ1n) is 17.0. The molecule has 1 saturated heterocycles. The molecule has 1 heterocycles. The molecular formula is C41H43ClN4O3S2. The third-order valence-electron chi connectivity index (χ3n) is 8.98. The molecule has 0 unspecified atom stereocenters. The van der Waals surface area contributed by atoms with Crippen molar-refractivity contribution in [1.82, 2.24) is 9.62 Å². The van der Waals surface area contributed by atoms with Crippen LogP contribution in [0.3, 0.4) is 0 Å².